The highest BCUT2D eigenvalue weighted by Crippen LogP contribution is 2.34. The number of carbonyl (C=O) groups is 3. The fraction of sp³-hybridized carbons (Fsp3) is 0.513. The highest BCUT2D eigenvalue weighted by Gasteiger charge is 2.29. The van der Waals surface area contributed by atoms with E-state index in [0.29, 0.717) is 25.7 Å². The van der Waals surface area contributed by atoms with E-state index >= 15 is 0 Å². The third-order valence-electron chi connectivity index (χ3n) is 9.85. The molecule has 0 atom stereocenters. The van der Waals surface area contributed by atoms with E-state index in [0.717, 1.165) is 130 Å². The maximum Gasteiger partial charge on any atom is 0.161 e. The summed E-state index contributed by atoms with van der Waals surface area (Å²) in [5.41, 5.74) is 16.3. The van der Waals surface area contributed by atoms with Crippen LogP contribution in [0.3, 0.4) is 0 Å². The second-order valence-electron chi connectivity index (χ2n) is 13.4. The summed E-state index contributed by atoms with van der Waals surface area (Å²) in [5, 5.41) is 0. The van der Waals surface area contributed by atoms with Gasteiger partial charge in [0.1, 0.15) is 0 Å². The Balaban J connectivity index is 1.84. The predicted molar refractivity (Wildman–Crippen MR) is 185 cm³/mol. The van der Waals surface area contributed by atoms with Crippen molar-refractivity contribution in [3.63, 3.8) is 0 Å². The Kier molecular flexibility index (Phi) is 10.1. The van der Waals surface area contributed by atoms with Gasteiger partial charge in [-0.2, -0.15) is 0 Å². The summed E-state index contributed by atoms with van der Waals surface area (Å²) in [4.78, 5) is 54.9. The van der Waals surface area contributed by atoms with Crippen LogP contribution in [0.15, 0.2) is 0 Å². The highest BCUT2D eigenvalue weighted by atomic mass is 16.1. The summed E-state index contributed by atoms with van der Waals surface area (Å²) in [6.45, 7) is 15.9. The van der Waals surface area contributed by atoms with Gasteiger partial charge >= 0.3 is 0 Å². The van der Waals surface area contributed by atoms with E-state index in [4.69, 9.17) is 0 Å². The molecule has 5 heterocycles. The quantitative estimate of drug-likeness (QED) is 0.111. The van der Waals surface area contributed by atoms with E-state index in [9.17, 15) is 14.4 Å². The summed E-state index contributed by atoms with van der Waals surface area (Å²) in [6.07, 6.45) is 9.41. The molecule has 0 radical (unpaired) electrons. The van der Waals surface area contributed by atoms with Crippen molar-refractivity contribution in [3.8, 4) is 0 Å². The largest absolute Gasteiger partial charge is 0.361 e. The second-order valence-corrected chi connectivity index (χ2v) is 13.4. The van der Waals surface area contributed by atoms with Crippen LogP contribution < -0.4 is 0 Å². The molecule has 246 valence electrons. The van der Waals surface area contributed by atoms with Crippen molar-refractivity contribution in [2.75, 3.05) is 0 Å². The van der Waals surface area contributed by atoms with Crippen molar-refractivity contribution in [2.24, 2.45) is 0 Å². The third-order valence-corrected chi connectivity index (χ3v) is 9.85. The minimum atomic E-state index is 0.0538. The summed E-state index contributed by atoms with van der Waals surface area (Å²) in [7, 11) is 0. The van der Waals surface area contributed by atoms with Crippen LogP contribution >= 0.6 is 0 Å². The molecule has 0 spiro atoms. The first-order valence-electron chi connectivity index (χ1n) is 17.4. The molecule has 5 rings (SSSR count). The van der Waals surface area contributed by atoms with E-state index in [1.165, 1.54) is 11.1 Å². The van der Waals surface area contributed by atoms with Crippen LogP contribution in [0, 0.1) is 6.92 Å². The van der Waals surface area contributed by atoms with Crippen LogP contribution in [0.25, 0.3) is 0 Å². The highest BCUT2D eigenvalue weighted by molar-refractivity contribution is 5.99. The number of aromatic amines is 4. The first kappa shape index (κ1) is 33.5. The van der Waals surface area contributed by atoms with Gasteiger partial charge in [-0.05, 0) is 81.2 Å². The average Bonchev–Trinajstić information content (AvgIpc) is 3.69. The lowest BCUT2D eigenvalue weighted by Gasteiger charge is -2.08. The maximum absolute atomic E-state index is 13.3. The minimum absolute atomic E-state index is 0.0538. The van der Waals surface area contributed by atoms with Gasteiger partial charge in [0.2, 0.25) is 0 Å². The Morgan fingerprint density at radius 1 is 0.435 bits per heavy atom. The lowest BCUT2D eigenvalue weighted by Crippen LogP contribution is -2.05. The molecule has 4 aromatic rings. The fourth-order valence-corrected chi connectivity index (χ4v) is 8.05. The molecule has 4 aromatic heterocycles. The van der Waals surface area contributed by atoms with Gasteiger partial charge in [0.15, 0.2) is 17.3 Å². The van der Waals surface area contributed by atoms with Gasteiger partial charge in [0, 0.05) is 87.9 Å². The summed E-state index contributed by atoms with van der Waals surface area (Å²) >= 11 is 0. The third kappa shape index (κ3) is 6.13. The van der Waals surface area contributed by atoms with Gasteiger partial charge in [-0.15, -0.1) is 0 Å². The monoisotopic (exact) mass is 624 g/mol. The lowest BCUT2D eigenvalue weighted by molar-refractivity contribution is 0.100. The Labute approximate surface area is 273 Å². The van der Waals surface area contributed by atoms with Gasteiger partial charge in [0.05, 0.1) is 0 Å². The van der Waals surface area contributed by atoms with Crippen LogP contribution in [0.4, 0.5) is 0 Å². The molecule has 1 aliphatic rings. The van der Waals surface area contributed by atoms with Crippen molar-refractivity contribution in [2.45, 2.75) is 132 Å². The number of rotatable bonds is 11. The average molecular weight is 625 g/mol. The molecule has 46 heavy (non-hydrogen) atoms. The molecule has 7 nitrogen and oxygen atoms in total. The zero-order valence-corrected chi connectivity index (χ0v) is 29.2. The van der Waals surface area contributed by atoms with Crippen LogP contribution in [-0.4, -0.2) is 37.3 Å². The van der Waals surface area contributed by atoms with E-state index in [1.54, 1.807) is 20.8 Å². The van der Waals surface area contributed by atoms with Gasteiger partial charge in [-0.1, -0.05) is 53.4 Å². The standard InChI is InChI=1S/C39H52N4O3/c1-9-13-25-21(5)29-17-34-37(22(6)44)26(14-10-2)31(41-34)18-32-27(15-11-3)38(23(7)45)36(42-32)20-33-28(16-12-4)39(24(8)46)35(43-33)19-30(25)40-29/h40-43H,9-20H2,1-8H3. The number of hydrogen-bond acceptors (Lipinski definition) is 3. The molecule has 8 bridgehead atoms. The number of hydrogen-bond donors (Lipinski definition) is 4. The van der Waals surface area contributed by atoms with E-state index in [2.05, 4.69) is 54.6 Å². The lowest BCUT2D eigenvalue weighted by atomic mass is 9.94. The Morgan fingerprint density at radius 2 is 0.696 bits per heavy atom. The van der Waals surface area contributed by atoms with Crippen LogP contribution in [0.1, 0.15) is 179 Å². The summed E-state index contributed by atoms with van der Waals surface area (Å²) in [5.74, 6) is 0.201. The predicted octanol–water partition coefficient (Wildman–Crippen LogP) is 8.40. The first-order chi connectivity index (χ1) is 22.0. The van der Waals surface area contributed by atoms with Gasteiger partial charge < -0.3 is 19.9 Å². The second kappa shape index (κ2) is 13.9. The molecule has 0 saturated heterocycles. The number of nitrogens with one attached hydrogen (secondary N) is 4. The molecule has 7 heteroatoms. The van der Waals surface area contributed by atoms with E-state index < -0.39 is 0 Å². The number of aromatic nitrogens is 4. The number of ketones is 3. The normalized spacial score (nSPS) is 13.0. The number of carbonyl (C=O) groups excluding carboxylic acids is 3. The SMILES string of the molecule is CCCc1c2[nH]c(c1C)Cc1[nH]c(c(CCC)c1C(C)=O)Cc1[nH]c(c(C(C)=O)c1CCC)Cc1[nH]c(c(C(C)=O)c1CCC)C2. The summed E-state index contributed by atoms with van der Waals surface area (Å²) < 4.78 is 0. The van der Waals surface area contributed by atoms with Crippen molar-refractivity contribution in [1.82, 2.24) is 19.9 Å². The minimum Gasteiger partial charge on any atom is -0.361 e. The van der Waals surface area contributed by atoms with Gasteiger partial charge in [0.25, 0.3) is 0 Å². The molecule has 0 saturated carbocycles. The molecule has 4 N–H and O–H groups in total. The Bertz CT molecular complexity index is 1790. The fourth-order valence-electron chi connectivity index (χ4n) is 8.05. The van der Waals surface area contributed by atoms with Gasteiger partial charge in [-0.3, -0.25) is 14.4 Å². The molecule has 0 aliphatic carbocycles. The summed E-state index contributed by atoms with van der Waals surface area (Å²) in [6, 6.07) is 0. The van der Waals surface area contributed by atoms with Crippen molar-refractivity contribution in [3.05, 3.63) is 90.1 Å². The van der Waals surface area contributed by atoms with Crippen LogP contribution in [-0.2, 0) is 51.4 Å². The molecular weight excluding hydrogens is 572 g/mol. The molecule has 0 amide bonds. The number of H-pyrrole nitrogens is 4. The molecule has 0 aromatic carbocycles. The topological polar surface area (TPSA) is 114 Å². The Morgan fingerprint density at radius 3 is 1.02 bits per heavy atom. The molecule has 1 aliphatic heterocycles. The van der Waals surface area contributed by atoms with E-state index in [-0.39, 0.29) is 17.3 Å². The molecule has 0 fully saturated rings. The molecule has 0 unspecified atom stereocenters. The first-order valence-corrected chi connectivity index (χ1v) is 17.4. The van der Waals surface area contributed by atoms with Crippen LogP contribution in [0.2, 0.25) is 0 Å². The van der Waals surface area contributed by atoms with Crippen molar-refractivity contribution < 1.29 is 14.4 Å². The zero-order chi connectivity index (χ0) is 33.3. The smallest absolute Gasteiger partial charge is 0.161 e. The van der Waals surface area contributed by atoms with Crippen LogP contribution in [0.5, 0.6) is 0 Å². The maximum atomic E-state index is 13.3. The van der Waals surface area contributed by atoms with Crippen molar-refractivity contribution in [1.29, 1.82) is 0 Å². The Hall–Kier alpha value is -3.87. The number of fused-ring (bicyclic) bond motifs is 8. The van der Waals surface area contributed by atoms with Gasteiger partial charge in [-0.25, -0.2) is 0 Å². The van der Waals surface area contributed by atoms with Crippen molar-refractivity contribution >= 4 is 17.3 Å². The molecular formula is C39H52N4O3. The number of Topliss-reactive ketones (excluding diaryl/α,β-unsaturated/α-hetero) is 3. The van der Waals surface area contributed by atoms with E-state index in [1.807, 2.05) is 0 Å². The zero-order valence-electron chi connectivity index (χ0n) is 29.2.